The highest BCUT2D eigenvalue weighted by atomic mass is 35.5. The van der Waals surface area contributed by atoms with Crippen molar-refractivity contribution in [2.24, 2.45) is 10.9 Å². The fourth-order valence-electron chi connectivity index (χ4n) is 2.09. The van der Waals surface area contributed by atoms with Crippen LogP contribution in [-0.4, -0.2) is 24.1 Å². The van der Waals surface area contributed by atoms with Gasteiger partial charge in [0, 0.05) is 30.3 Å². The molecule has 0 aliphatic carbocycles. The summed E-state index contributed by atoms with van der Waals surface area (Å²) in [7, 11) is 0. The normalized spacial score (nSPS) is 14.4. The number of Topliss-reactive ketones (excluding diaryl/α,β-unsaturated/α-hetero) is 1. The van der Waals surface area contributed by atoms with Gasteiger partial charge in [-0.1, -0.05) is 25.4 Å². The molecule has 5 nitrogen and oxygen atoms in total. The van der Waals surface area contributed by atoms with Gasteiger partial charge in [0.2, 0.25) is 11.8 Å². The fraction of sp³-hybridized carbons (Fsp3) is 0.312. The highest BCUT2D eigenvalue weighted by molar-refractivity contribution is 6.32. The average Bonchev–Trinajstić information content (AvgIpc) is 2.43. The van der Waals surface area contributed by atoms with Crippen LogP contribution in [-0.2, 0) is 9.59 Å². The Balaban J connectivity index is 2.27. The average molecular weight is 339 g/mol. The lowest BCUT2D eigenvalue weighted by atomic mass is 9.97. The predicted molar refractivity (Wildman–Crippen MR) is 86.6 cm³/mol. The van der Waals surface area contributed by atoms with Crippen LogP contribution in [0.1, 0.15) is 20.8 Å². The molecule has 1 aromatic carbocycles. The molecule has 0 saturated carbocycles. The van der Waals surface area contributed by atoms with Gasteiger partial charge in [0.25, 0.3) is 0 Å². The summed E-state index contributed by atoms with van der Waals surface area (Å²) in [6.45, 7) is 5.02. The van der Waals surface area contributed by atoms with E-state index in [0.717, 1.165) is 6.07 Å². The maximum atomic E-state index is 14.1. The second-order valence-electron chi connectivity index (χ2n) is 5.38. The summed E-state index contributed by atoms with van der Waals surface area (Å²) in [5.41, 5.74) is 0.799. The van der Waals surface area contributed by atoms with Gasteiger partial charge in [-0.2, -0.15) is 0 Å². The summed E-state index contributed by atoms with van der Waals surface area (Å²) in [6, 6.07) is 2.48. The third kappa shape index (κ3) is 4.16. The van der Waals surface area contributed by atoms with Crippen LogP contribution in [0.25, 0.3) is 0 Å². The molecule has 1 aliphatic heterocycles. The summed E-state index contributed by atoms with van der Waals surface area (Å²) in [5, 5.41) is 2.43. The minimum atomic E-state index is -0.736. The summed E-state index contributed by atoms with van der Waals surface area (Å²) in [5.74, 6) is -1.22. The molecule has 2 rings (SSSR count). The molecule has 0 unspecified atom stereocenters. The molecule has 7 heteroatoms. The van der Waals surface area contributed by atoms with Gasteiger partial charge < -0.3 is 10.1 Å². The number of carbonyl (C=O) groups excluding carboxylic acids is 2. The van der Waals surface area contributed by atoms with E-state index in [1.54, 1.807) is 0 Å². The van der Waals surface area contributed by atoms with Crippen molar-refractivity contribution in [1.82, 2.24) is 0 Å². The van der Waals surface area contributed by atoms with Crippen LogP contribution in [0.2, 0.25) is 5.02 Å². The zero-order chi connectivity index (χ0) is 17.1. The molecule has 1 heterocycles. The van der Waals surface area contributed by atoms with Crippen LogP contribution in [0, 0.1) is 11.7 Å². The summed E-state index contributed by atoms with van der Waals surface area (Å²) in [6.07, 6.45) is 1.49. The van der Waals surface area contributed by atoms with Gasteiger partial charge in [-0.15, -0.1) is 0 Å². The van der Waals surface area contributed by atoms with E-state index in [-0.39, 0.29) is 46.5 Å². The highest BCUT2D eigenvalue weighted by Gasteiger charge is 2.21. The minimum Gasteiger partial charge on any atom is -0.435 e. The first-order chi connectivity index (χ1) is 10.8. The third-order valence-corrected chi connectivity index (χ3v) is 3.41. The largest absolute Gasteiger partial charge is 0.435 e. The summed E-state index contributed by atoms with van der Waals surface area (Å²) in [4.78, 5) is 26.7. The van der Waals surface area contributed by atoms with Gasteiger partial charge in [0.05, 0.1) is 5.02 Å². The quantitative estimate of drug-likeness (QED) is 0.918. The topological polar surface area (TPSA) is 67.8 Å². The Kier molecular flexibility index (Phi) is 5.15. The first kappa shape index (κ1) is 17.1. The van der Waals surface area contributed by atoms with E-state index in [0.29, 0.717) is 5.57 Å². The van der Waals surface area contributed by atoms with Crippen molar-refractivity contribution in [3.8, 4) is 5.75 Å². The molecule has 23 heavy (non-hydrogen) atoms. The predicted octanol–water partition coefficient (Wildman–Crippen LogP) is 3.38. The van der Waals surface area contributed by atoms with Crippen molar-refractivity contribution < 1.29 is 18.7 Å². The van der Waals surface area contributed by atoms with Gasteiger partial charge in [-0.05, 0) is 12.0 Å². The zero-order valence-corrected chi connectivity index (χ0v) is 13.7. The van der Waals surface area contributed by atoms with Gasteiger partial charge in [0.1, 0.15) is 6.54 Å². The Morgan fingerprint density at radius 3 is 2.70 bits per heavy atom. The number of hydrogen-bond acceptors (Lipinski definition) is 4. The fourth-order valence-corrected chi connectivity index (χ4v) is 2.33. The molecule has 0 radical (unpaired) electrons. The lowest BCUT2D eigenvalue weighted by Gasteiger charge is -2.16. The summed E-state index contributed by atoms with van der Waals surface area (Å²) >= 11 is 6.01. The van der Waals surface area contributed by atoms with Crippen molar-refractivity contribution >= 4 is 34.9 Å². The van der Waals surface area contributed by atoms with E-state index in [1.165, 1.54) is 19.1 Å². The van der Waals surface area contributed by atoms with Crippen molar-refractivity contribution in [2.45, 2.75) is 20.8 Å². The summed E-state index contributed by atoms with van der Waals surface area (Å²) < 4.78 is 19.6. The first-order valence-corrected chi connectivity index (χ1v) is 7.39. The number of halogens is 2. The van der Waals surface area contributed by atoms with E-state index in [4.69, 9.17) is 16.3 Å². The number of anilines is 1. The number of nitrogens with one attached hydrogen (secondary N) is 1. The van der Waals surface area contributed by atoms with Crippen LogP contribution in [0.4, 0.5) is 10.1 Å². The number of amides is 1. The number of ketones is 1. The maximum absolute atomic E-state index is 14.1. The maximum Gasteiger partial charge on any atom is 0.221 e. The Morgan fingerprint density at radius 1 is 1.43 bits per heavy atom. The van der Waals surface area contributed by atoms with Crippen molar-refractivity contribution in [3.63, 3.8) is 0 Å². The van der Waals surface area contributed by atoms with Crippen LogP contribution >= 0.6 is 11.6 Å². The Hall–Kier alpha value is -2.21. The zero-order valence-electron chi connectivity index (χ0n) is 12.9. The first-order valence-electron chi connectivity index (χ1n) is 7.01. The van der Waals surface area contributed by atoms with Crippen molar-refractivity contribution in [1.29, 1.82) is 0 Å². The van der Waals surface area contributed by atoms with Crippen molar-refractivity contribution in [3.05, 3.63) is 34.6 Å². The van der Waals surface area contributed by atoms with Crippen LogP contribution in [0.5, 0.6) is 5.75 Å². The number of hydrogen-bond donors (Lipinski definition) is 1. The number of dihydropyridines is 1. The lowest BCUT2D eigenvalue weighted by Crippen LogP contribution is -2.22. The molecule has 0 fully saturated rings. The van der Waals surface area contributed by atoms with Crippen molar-refractivity contribution in [2.75, 3.05) is 11.9 Å². The molecule has 122 valence electrons. The number of carbonyl (C=O) groups is 2. The number of ether oxygens (including phenoxy) is 1. The van der Waals surface area contributed by atoms with Gasteiger partial charge in [0.15, 0.2) is 17.3 Å². The van der Waals surface area contributed by atoms with E-state index in [2.05, 4.69) is 10.3 Å². The molecule has 1 N–H and O–H groups in total. The van der Waals surface area contributed by atoms with Crippen LogP contribution < -0.4 is 10.1 Å². The van der Waals surface area contributed by atoms with Gasteiger partial charge in [-0.3, -0.25) is 9.59 Å². The number of nitrogens with zero attached hydrogens (tertiary/aromatic N) is 1. The second kappa shape index (κ2) is 6.91. The van der Waals surface area contributed by atoms with Gasteiger partial charge in [-0.25, -0.2) is 9.38 Å². The molecular weight excluding hydrogens is 323 g/mol. The van der Waals surface area contributed by atoms with E-state index < -0.39 is 5.82 Å². The lowest BCUT2D eigenvalue weighted by molar-refractivity contribution is -0.115. The van der Waals surface area contributed by atoms with E-state index in [9.17, 15) is 14.0 Å². The molecule has 0 saturated heterocycles. The number of rotatable bonds is 3. The standard InChI is InChI=1S/C16H16ClFN2O3/c1-8(2)11-6-15(19-7-14(11)22)23-16-12(17)4-10(5-13(16)18)20-9(3)21/h4-6,8H,7H2,1-3H3,(H,20,21). The SMILES string of the molecule is CC(=O)Nc1cc(F)c(OC2=NCC(=O)C(C(C)C)=C2)c(Cl)c1. The molecule has 0 spiro atoms. The second-order valence-corrected chi connectivity index (χ2v) is 5.79. The highest BCUT2D eigenvalue weighted by Crippen LogP contribution is 2.32. The molecule has 0 aromatic heterocycles. The number of benzene rings is 1. The van der Waals surface area contributed by atoms with Crippen LogP contribution in [0.15, 0.2) is 28.8 Å². The monoisotopic (exact) mass is 338 g/mol. The van der Waals surface area contributed by atoms with Crippen LogP contribution in [0.3, 0.4) is 0 Å². The Morgan fingerprint density at radius 2 is 2.13 bits per heavy atom. The minimum absolute atomic E-state index is 0.00662. The van der Waals surface area contributed by atoms with Gasteiger partial charge >= 0.3 is 0 Å². The van der Waals surface area contributed by atoms with E-state index in [1.807, 2.05) is 13.8 Å². The smallest absolute Gasteiger partial charge is 0.221 e. The third-order valence-electron chi connectivity index (χ3n) is 3.13. The number of aliphatic imine (C=N–C) groups is 1. The Bertz CT molecular complexity index is 703. The molecular formula is C16H16ClFN2O3. The molecule has 1 amide bonds. The molecule has 0 atom stereocenters. The Labute approximate surface area is 138 Å². The molecule has 1 aromatic rings. The molecule has 1 aliphatic rings. The van der Waals surface area contributed by atoms with E-state index >= 15 is 0 Å². The molecule has 0 bridgehead atoms.